The van der Waals surface area contributed by atoms with Crippen LogP contribution in [0.2, 0.25) is 0 Å². The molecule has 28 heavy (non-hydrogen) atoms. The number of fused-ring (bicyclic) bond motifs is 1. The molecule has 2 aromatic rings. The van der Waals surface area contributed by atoms with Crippen LogP contribution in [0.25, 0.3) is 11.1 Å². The van der Waals surface area contributed by atoms with Crippen molar-refractivity contribution >= 4 is 0 Å². The second kappa shape index (κ2) is 7.44. The fraction of sp³-hybridized carbons (Fsp3) is 0.476. The lowest BCUT2D eigenvalue weighted by Gasteiger charge is -2.25. The van der Waals surface area contributed by atoms with Crippen molar-refractivity contribution in [2.75, 3.05) is 13.1 Å². The van der Waals surface area contributed by atoms with E-state index in [0.29, 0.717) is 24.5 Å². The number of aliphatic hydroxyl groups is 1. The lowest BCUT2D eigenvalue weighted by Crippen LogP contribution is -2.33. The Morgan fingerprint density at radius 2 is 1.89 bits per heavy atom. The van der Waals surface area contributed by atoms with Gasteiger partial charge in [0.2, 0.25) is 0 Å². The predicted octanol–water partition coefficient (Wildman–Crippen LogP) is 4.74. The van der Waals surface area contributed by atoms with Crippen molar-refractivity contribution in [3.63, 3.8) is 0 Å². The third-order valence-corrected chi connectivity index (χ3v) is 5.92. The van der Waals surface area contributed by atoms with E-state index in [1.54, 1.807) is 6.20 Å². The monoisotopic (exact) mass is 394 g/mol. The maximum absolute atomic E-state index is 14.5. The van der Waals surface area contributed by atoms with Crippen molar-refractivity contribution in [2.24, 2.45) is 0 Å². The highest BCUT2D eigenvalue weighted by atomic mass is 19.4. The number of halogens is 4. The standard InChI is InChI=1S/C21H22F4N2O/c22-19-10-14(21(23,24)25)4-6-16(19)18-12-26-11-17-13(3-5-15(17)18)9-20(28)27-7-1-2-8-27/h4,6,10-13,20,28H,1-3,5,7-9H2. The van der Waals surface area contributed by atoms with Crippen LogP contribution in [0.3, 0.4) is 0 Å². The molecule has 4 rings (SSSR count). The topological polar surface area (TPSA) is 36.4 Å². The molecule has 2 unspecified atom stereocenters. The van der Waals surface area contributed by atoms with Gasteiger partial charge in [0.1, 0.15) is 12.0 Å². The van der Waals surface area contributed by atoms with Gasteiger partial charge in [0.15, 0.2) is 0 Å². The Bertz CT molecular complexity index is 862. The van der Waals surface area contributed by atoms with E-state index in [1.165, 1.54) is 12.3 Å². The van der Waals surface area contributed by atoms with E-state index < -0.39 is 23.8 Å². The van der Waals surface area contributed by atoms with Crippen LogP contribution in [0, 0.1) is 5.82 Å². The molecule has 0 bridgehead atoms. The van der Waals surface area contributed by atoms with Gasteiger partial charge in [0.05, 0.1) is 5.56 Å². The normalized spacial score (nSPS) is 21.1. The molecular formula is C21H22F4N2O. The molecule has 150 valence electrons. The van der Waals surface area contributed by atoms with Crippen molar-refractivity contribution in [2.45, 2.75) is 50.4 Å². The molecular weight excluding hydrogens is 372 g/mol. The molecule has 2 atom stereocenters. The average Bonchev–Trinajstić information content (AvgIpc) is 3.31. The summed E-state index contributed by atoms with van der Waals surface area (Å²) >= 11 is 0. The molecule has 0 radical (unpaired) electrons. The van der Waals surface area contributed by atoms with Gasteiger partial charge < -0.3 is 5.11 Å². The van der Waals surface area contributed by atoms with Crippen molar-refractivity contribution in [3.8, 4) is 11.1 Å². The number of pyridine rings is 1. The maximum atomic E-state index is 14.5. The lowest BCUT2D eigenvalue weighted by molar-refractivity contribution is -0.137. The minimum atomic E-state index is -4.58. The second-order valence-electron chi connectivity index (χ2n) is 7.64. The summed E-state index contributed by atoms with van der Waals surface area (Å²) in [7, 11) is 0. The minimum absolute atomic E-state index is 0.121. The summed E-state index contributed by atoms with van der Waals surface area (Å²) in [6.45, 7) is 1.80. The zero-order chi connectivity index (χ0) is 19.9. The molecule has 0 saturated carbocycles. The summed E-state index contributed by atoms with van der Waals surface area (Å²) in [5, 5.41) is 10.5. The number of nitrogens with zero attached hydrogens (tertiary/aromatic N) is 2. The Balaban J connectivity index is 1.61. The lowest BCUT2D eigenvalue weighted by atomic mass is 9.94. The van der Waals surface area contributed by atoms with E-state index >= 15 is 0 Å². The Labute approximate surface area is 161 Å². The second-order valence-corrected chi connectivity index (χ2v) is 7.64. The maximum Gasteiger partial charge on any atom is 0.416 e. The van der Waals surface area contributed by atoms with E-state index in [0.717, 1.165) is 49.5 Å². The number of alkyl halides is 3. The summed E-state index contributed by atoms with van der Waals surface area (Å²) in [5.74, 6) is -0.777. The van der Waals surface area contributed by atoms with Gasteiger partial charge in [-0.05, 0) is 61.3 Å². The molecule has 1 N–H and O–H groups in total. The molecule has 0 spiro atoms. The van der Waals surface area contributed by atoms with Crippen molar-refractivity contribution in [1.29, 1.82) is 0 Å². The molecule has 1 aliphatic heterocycles. The van der Waals surface area contributed by atoms with Crippen LogP contribution in [-0.2, 0) is 12.6 Å². The van der Waals surface area contributed by atoms with Crippen LogP contribution in [0.1, 0.15) is 48.3 Å². The molecule has 1 saturated heterocycles. The number of aliphatic hydroxyl groups excluding tert-OH is 1. The third kappa shape index (κ3) is 3.65. The first-order chi connectivity index (χ1) is 13.3. The number of hydrogen-bond acceptors (Lipinski definition) is 3. The Kier molecular flexibility index (Phi) is 5.14. The number of rotatable bonds is 4. The number of aromatic nitrogens is 1. The molecule has 2 aliphatic rings. The van der Waals surface area contributed by atoms with E-state index in [2.05, 4.69) is 9.88 Å². The highest BCUT2D eigenvalue weighted by Gasteiger charge is 2.33. The molecule has 1 aliphatic carbocycles. The Hall–Kier alpha value is -1.99. The summed E-state index contributed by atoms with van der Waals surface area (Å²) in [6.07, 6.45) is 2.48. The Morgan fingerprint density at radius 1 is 1.14 bits per heavy atom. The summed E-state index contributed by atoms with van der Waals surface area (Å²) in [6, 6.07) is 2.63. The van der Waals surface area contributed by atoms with Gasteiger partial charge in [-0.1, -0.05) is 6.07 Å². The SMILES string of the molecule is OC(CC1CCc2c(-c3ccc(C(F)(F)F)cc3F)cncc21)N1CCCC1. The predicted molar refractivity (Wildman–Crippen MR) is 97.1 cm³/mol. The Morgan fingerprint density at radius 3 is 2.57 bits per heavy atom. The molecule has 2 heterocycles. The van der Waals surface area contributed by atoms with Gasteiger partial charge in [-0.2, -0.15) is 13.2 Å². The van der Waals surface area contributed by atoms with E-state index in [-0.39, 0.29) is 11.5 Å². The van der Waals surface area contributed by atoms with Crippen molar-refractivity contribution in [1.82, 2.24) is 9.88 Å². The van der Waals surface area contributed by atoms with Crippen LogP contribution in [0.5, 0.6) is 0 Å². The highest BCUT2D eigenvalue weighted by Crippen LogP contribution is 2.42. The zero-order valence-electron chi connectivity index (χ0n) is 15.3. The molecule has 1 aromatic carbocycles. The quantitative estimate of drug-likeness (QED) is 0.761. The van der Waals surface area contributed by atoms with Crippen molar-refractivity contribution in [3.05, 3.63) is 53.1 Å². The number of hydrogen-bond donors (Lipinski definition) is 1. The van der Waals surface area contributed by atoms with Crippen LogP contribution < -0.4 is 0 Å². The largest absolute Gasteiger partial charge is 0.416 e. The van der Waals surface area contributed by atoms with Gasteiger partial charge in [0, 0.05) is 36.6 Å². The molecule has 1 fully saturated rings. The van der Waals surface area contributed by atoms with E-state index in [4.69, 9.17) is 0 Å². The van der Waals surface area contributed by atoms with Crippen molar-refractivity contribution < 1.29 is 22.7 Å². The smallest absolute Gasteiger partial charge is 0.378 e. The highest BCUT2D eigenvalue weighted by molar-refractivity contribution is 5.70. The number of likely N-dealkylation sites (tertiary alicyclic amines) is 1. The van der Waals surface area contributed by atoms with Gasteiger partial charge in [-0.3, -0.25) is 9.88 Å². The van der Waals surface area contributed by atoms with E-state index in [1.807, 2.05) is 0 Å². The summed E-state index contributed by atoms with van der Waals surface area (Å²) in [4.78, 5) is 6.29. The zero-order valence-corrected chi connectivity index (χ0v) is 15.3. The van der Waals surface area contributed by atoms with E-state index in [9.17, 15) is 22.7 Å². The first kappa shape index (κ1) is 19.3. The molecule has 0 amide bonds. The van der Waals surface area contributed by atoms with Crippen LogP contribution in [0.4, 0.5) is 17.6 Å². The van der Waals surface area contributed by atoms with Crippen LogP contribution in [-0.4, -0.2) is 34.3 Å². The molecule has 1 aromatic heterocycles. The van der Waals surface area contributed by atoms with Gasteiger partial charge in [0.25, 0.3) is 0 Å². The average molecular weight is 394 g/mol. The number of benzene rings is 1. The fourth-order valence-corrected chi connectivity index (χ4v) is 4.44. The van der Waals surface area contributed by atoms with Crippen LogP contribution >= 0.6 is 0 Å². The molecule has 3 nitrogen and oxygen atoms in total. The summed E-state index contributed by atoms with van der Waals surface area (Å²) in [5.41, 5.74) is 1.57. The van der Waals surface area contributed by atoms with Gasteiger partial charge >= 0.3 is 6.18 Å². The van der Waals surface area contributed by atoms with Gasteiger partial charge in [-0.25, -0.2) is 4.39 Å². The molecule has 7 heteroatoms. The first-order valence-corrected chi connectivity index (χ1v) is 9.60. The fourth-order valence-electron chi connectivity index (χ4n) is 4.44. The summed E-state index contributed by atoms with van der Waals surface area (Å²) < 4.78 is 52.9. The van der Waals surface area contributed by atoms with Gasteiger partial charge in [-0.15, -0.1) is 0 Å². The minimum Gasteiger partial charge on any atom is -0.378 e. The van der Waals surface area contributed by atoms with Crippen LogP contribution in [0.15, 0.2) is 30.6 Å². The third-order valence-electron chi connectivity index (χ3n) is 5.92. The first-order valence-electron chi connectivity index (χ1n) is 9.60.